The summed E-state index contributed by atoms with van der Waals surface area (Å²) in [7, 11) is 0. The van der Waals surface area contributed by atoms with Gasteiger partial charge in [0.25, 0.3) is 0 Å². The first-order valence-corrected chi connectivity index (χ1v) is 6.61. The van der Waals surface area contributed by atoms with E-state index in [1.807, 2.05) is 12.1 Å². The fraction of sp³-hybridized carbons (Fsp3) is 0. The van der Waals surface area contributed by atoms with Crippen LogP contribution in [0, 0.1) is 0 Å². The first kappa shape index (κ1) is 14.5. The number of carboxylic acid groups (broad SMARTS) is 1. The maximum atomic E-state index is 10.2. The molecule has 3 aromatic heterocycles. The number of nitrogen functional groups attached to an aromatic ring is 1. The van der Waals surface area contributed by atoms with Crippen molar-refractivity contribution in [2.24, 2.45) is 0 Å². The minimum atomic E-state index is -0.942. The van der Waals surface area contributed by atoms with Crippen LogP contribution in [0.15, 0.2) is 49.1 Å². The van der Waals surface area contributed by atoms with E-state index in [-0.39, 0.29) is 5.56 Å². The summed E-state index contributed by atoms with van der Waals surface area (Å²) in [6, 6.07) is 6.86. The van der Waals surface area contributed by atoms with Gasteiger partial charge in [0.05, 0.1) is 5.56 Å². The number of carbonyl (C=O) groups is 1. The lowest BCUT2D eigenvalue weighted by atomic mass is 10.3. The third-order valence-electron chi connectivity index (χ3n) is 2.26. The van der Waals surface area contributed by atoms with E-state index in [0.717, 1.165) is 10.6 Å². The van der Waals surface area contributed by atoms with E-state index < -0.39 is 5.97 Å². The van der Waals surface area contributed by atoms with Crippen LogP contribution in [-0.2, 0) is 0 Å². The van der Waals surface area contributed by atoms with Gasteiger partial charge in [-0.05, 0) is 24.3 Å². The number of pyridine rings is 2. The Morgan fingerprint density at radius 2 is 1.81 bits per heavy atom. The second-order valence-electron chi connectivity index (χ2n) is 3.73. The third-order valence-corrected chi connectivity index (χ3v) is 3.06. The Balaban J connectivity index is 0.000000161. The molecule has 0 aliphatic heterocycles. The Bertz CT molecular complexity index is 703. The number of aromatic carboxylic acids is 1. The molecule has 8 heteroatoms. The van der Waals surface area contributed by atoms with E-state index in [1.165, 1.54) is 29.8 Å². The number of nitrogens with two attached hydrogens (primary N) is 1. The summed E-state index contributed by atoms with van der Waals surface area (Å²) in [5, 5.41) is 17.2. The normalized spacial score (nSPS) is 9.52. The van der Waals surface area contributed by atoms with Crippen molar-refractivity contribution >= 4 is 22.4 Å². The number of hydrogen-bond acceptors (Lipinski definition) is 7. The Hall–Kier alpha value is -2.87. The van der Waals surface area contributed by atoms with Crippen molar-refractivity contribution in [2.75, 3.05) is 5.73 Å². The fourth-order valence-corrected chi connectivity index (χ4v) is 1.93. The minimum absolute atomic E-state index is 0.220. The SMILES string of the molecule is Nc1nnc(-c2cccnc2)s1.O=C(O)c1cccnc1. The third kappa shape index (κ3) is 4.32. The summed E-state index contributed by atoms with van der Waals surface area (Å²) in [4.78, 5) is 17.8. The number of carboxylic acids is 1. The lowest BCUT2D eigenvalue weighted by molar-refractivity contribution is 0.0696. The van der Waals surface area contributed by atoms with E-state index in [9.17, 15) is 4.79 Å². The Labute approximate surface area is 124 Å². The van der Waals surface area contributed by atoms with Gasteiger partial charge in [-0.1, -0.05) is 11.3 Å². The molecule has 0 radical (unpaired) electrons. The molecule has 0 saturated heterocycles. The molecule has 0 unspecified atom stereocenters. The van der Waals surface area contributed by atoms with Gasteiger partial charge < -0.3 is 10.8 Å². The highest BCUT2D eigenvalue weighted by Crippen LogP contribution is 2.22. The number of anilines is 1. The zero-order valence-electron chi connectivity index (χ0n) is 10.7. The molecule has 0 bridgehead atoms. The number of aromatic nitrogens is 4. The van der Waals surface area contributed by atoms with Crippen molar-refractivity contribution in [2.45, 2.75) is 0 Å². The van der Waals surface area contributed by atoms with Crippen molar-refractivity contribution < 1.29 is 9.90 Å². The predicted octanol–water partition coefficient (Wildman–Crippen LogP) is 1.96. The lowest BCUT2D eigenvalue weighted by Crippen LogP contribution is -1.94. The summed E-state index contributed by atoms with van der Waals surface area (Å²) in [6.07, 6.45) is 6.29. The van der Waals surface area contributed by atoms with Gasteiger partial charge in [0.15, 0.2) is 5.01 Å². The highest BCUT2D eigenvalue weighted by atomic mass is 32.1. The Morgan fingerprint density at radius 1 is 1.10 bits per heavy atom. The van der Waals surface area contributed by atoms with E-state index in [4.69, 9.17) is 10.8 Å². The molecule has 0 aliphatic rings. The zero-order chi connectivity index (χ0) is 15.1. The molecule has 3 heterocycles. The second kappa shape index (κ2) is 7.06. The van der Waals surface area contributed by atoms with Gasteiger partial charge in [-0.2, -0.15) is 0 Å². The molecule has 7 nitrogen and oxygen atoms in total. The van der Waals surface area contributed by atoms with Crippen molar-refractivity contribution in [1.29, 1.82) is 0 Å². The molecule has 3 N–H and O–H groups in total. The average Bonchev–Trinajstić information content (AvgIpc) is 2.96. The van der Waals surface area contributed by atoms with Crippen molar-refractivity contribution in [3.63, 3.8) is 0 Å². The van der Waals surface area contributed by atoms with Crippen LogP contribution in [0.25, 0.3) is 10.6 Å². The van der Waals surface area contributed by atoms with Gasteiger partial charge in [-0.15, -0.1) is 10.2 Å². The zero-order valence-corrected chi connectivity index (χ0v) is 11.6. The fourth-order valence-electron chi connectivity index (χ4n) is 1.33. The quantitative estimate of drug-likeness (QED) is 0.743. The minimum Gasteiger partial charge on any atom is -0.478 e. The molecule has 0 amide bonds. The maximum Gasteiger partial charge on any atom is 0.337 e. The van der Waals surface area contributed by atoms with E-state index >= 15 is 0 Å². The van der Waals surface area contributed by atoms with Crippen LogP contribution >= 0.6 is 11.3 Å². The average molecular weight is 301 g/mol. The molecule has 3 rings (SSSR count). The first-order chi connectivity index (χ1) is 10.2. The highest BCUT2D eigenvalue weighted by Gasteiger charge is 2.02. The van der Waals surface area contributed by atoms with E-state index in [2.05, 4.69) is 20.2 Å². The standard InChI is InChI=1S/C7H6N4S.C6H5NO2/c8-7-11-10-6(12-7)5-2-1-3-9-4-5;8-6(9)5-2-1-3-7-4-5/h1-4H,(H2,8,11);1-4H,(H,8,9). The molecule has 0 aromatic carbocycles. The molecule has 0 atom stereocenters. The van der Waals surface area contributed by atoms with Gasteiger partial charge in [-0.3, -0.25) is 9.97 Å². The van der Waals surface area contributed by atoms with Gasteiger partial charge >= 0.3 is 5.97 Å². The summed E-state index contributed by atoms with van der Waals surface area (Å²) < 4.78 is 0. The first-order valence-electron chi connectivity index (χ1n) is 5.79. The van der Waals surface area contributed by atoms with Gasteiger partial charge in [-0.25, -0.2) is 4.79 Å². The van der Waals surface area contributed by atoms with Gasteiger partial charge in [0.1, 0.15) is 0 Å². The second-order valence-corrected chi connectivity index (χ2v) is 4.74. The summed E-state index contributed by atoms with van der Waals surface area (Å²) in [5.41, 5.74) is 6.61. The Morgan fingerprint density at radius 3 is 2.24 bits per heavy atom. The summed E-state index contributed by atoms with van der Waals surface area (Å²) in [5.74, 6) is -0.942. The van der Waals surface area contributed by atoms with E-state index in [0.29, 0.717) is 5.13 Å². The largest absolute Gasteiger partial charge is 0.478 e. The maximum absolute atomic E-state index is 10.2. The van der Waals surface area contributed by atoms with Crippen molar-refractivity contribution in [1.82, 2.24) is 20.2 Å². The number of rotatable bonds is 2. The number of nitrogens with zero attached hydrogens (tertiary/aromatic N) is 4. The molecule has 3 aromatic rings. The summed E-state index contributed by atoms with van der Waals surface area (Å²) >= 11 is 1.36. The molecule has 106 valence electrons. The van der Waals surface area contributed by atoms with Crippen LogP contribution in [0.4, 0.5) is 5.13 Å². The molecule has 0 saturated carbocycles. The lowest BCUT2D eigenvalue weighted by Gasteiger charge is -1.89. The molecule has 0 aliphatic carbocycles. The molecule has 0 fully saturated rings. The van der Waals surface area contributed by atoms with Crippen LogP contribution in [0.3, 0.4) is 0 Å². The van der Waals surface area contributed by atoms with Gasteiger partial charge in [0, 0.05) is 30.4 Å². The Kier molecular flexibility index (Phi) is 4.89. The molecule has 0 spiro atoms. The van der Waals surface area contributed by atoms with Crippen LogP contribution in [0.2, 0.25) is 0 Å². The molecule has 21 heavy (non-hydrogen) atoms. The van der Waals surface area contributed by atoms with Crippen LogP contribution < -0.4 is 5.73 Å². The molecular weight excluding hydrogens is 290 g/mol. The van der Waals surface area contributed by atoms with Crippen molar-refractivity contribution in [3.05, 3.63) is 54.6 Å². The summed E-state index contributed by atoms with van der Waals surface area (Å²) in [6.45, 7) is 0. The topological polar surface area (TPSA) is 115 Å². The van der Waals surface area contributed by atoms with Crippen LogP contribution in [-0.4, -0.2) is 31.2 Å². The monoisotopic (exact) mass is 301 g/mol. The van der Waals surface area contributed by atoms with Crippen LogP contribution in [0.5, 0.6) is 0 Å². The smallest absolute Gasteiger partial charge is 0.337 e. The number of hydrogen-bond donors (Lipinski definition) is 2. The van der Waals surface area contributed by atoms with E-state index in [1.54, 1.807) is 18.5 Å². The van der Waals surface area contributed by atoms with Gasteiger partial charge in [0.2, 0.25) is 5.13 Å². The molecular formula is C13H11N5O2S. The predicted molar refractivity (Wildman–Crippen MR) is 78.7 cm³/mol. The van der Waals surface area contributed by atoms with Crippen molar-refractivity contribution in [3.8, 4) is 10.6 Å². The highest BCUT2D eigenvalue weighted by molar-refractivity contribution is 7.18. The van der Waals surface area contributed by atoms with Crippen LogP contribution in [0.1, 0.15) is 10.4 Å².